The summed E-state index contributed by atoms with van der Waals surface area (Å²) in [5.74, 6) is 0. The summed E-state index contributed by atoms with van der Waals surface area (Å²) in [6.45, 7) is 3.29. The van der Waals surface area contributed by atoms with E-state index in [2.05, 4.69) is 4.90 Å². The molecule has 0 spiro atoms. The van der Waals surface area contributed by atoms with Gasteiger partial charge in [-0.25, -0.2) is 0 Å². The molecule has 0 aliphatic rings. The summed E-state index contributed by atoms with van der Waals surface area (Å²) in [6, 6.07) is 7.88. The SMILES string of the molecule is COCCN(C)c1ccccc1[C@@H](C)O. The van der Waals surface area contributed by atoms with Crippen molar-refractivity contribution in [1.82, 2.24) is 0 Å². The van der Waals surface area contributed by atoms with Crippen LogP contribution < -0.4 is 4.90 Å². The molecule has 0 heterocycles. The lowest BCUT2D eigenvalue weighted by Crippen LogP contribution is -2.23. The van der Waals surface area contributed by atoms with Gasteiger partial charge in [-0.3, -0.25) is 0 Å². The van der Waals surface area contributed by atoms with E-state index in [0.29, 0.717) is 6.61 Å². The minimum atomic E-state index is -0.439. The van der Waals surface area contributed by atoms with Crippen molar-refractivity contribution in [2.75, 3.05) is 32.2 Å². The summed E-state index contributed by atoms with van der Waals surface area (Å²) in [5, 5.41) is 9.62. The number of rotatable bonds is 5. The van der Waals surface area contributed by atoms with Crippen LogP contribution in [-0.2, 0) is 4.74 Å². The second kappa shape index (κ2) is 5.73. The van der Waals surface area contributed by atoms with Gasteiger partial charge in [0, 0.05) is 32.0 Å². The fourth-order valence-electron chi connectivity index (χ4n) is 1.54. The topological polar surface area (TPSA) is 32.7 Å². The molecule has 1 aromatic rings. The highest BCUT2D eigenvalue weighted by atomic mass is 16.5. The lowest BCUT2D eigenvalue weighted by molar-refractivity contribution is 0.197. The lowest BCUT2D eigenvalue weighted by atomic mass is 10.1. The maximum atomic E-state index is 9.62. The summed E-state index contributed by atoms with van der Waals surface area (Å²) in [5.41, 5.74) is 2.01. The Morgan fingerprint density at radius 3 is 2.67 bits per heavy atom. The normalized spacial score (nSPS) is 12.5. The molecule has 0 saturated carbocycles. The Labute approximate surface area is 91.3 Å². The minimum Gasteiger partial charge on any atom is -0.389 e. The van der Waals surface area contributed by atoms with Gasteiger partial charge in [0.05, 0.1) is 12.7 Å². The van der Waals surface area contributed by atoms with Gasteiger partial charge in [0.25, 0.3) is 0 Å². The van der Waals surface area contributed by atoms with Crippen molar-refractivity contribution in [3.8, 4) is 0 Å². The van der Waals surface area contributed by atoms with E-state index < -0.39 is 6.10 Å². The first-order chi connectivity index (χ1) is 7.16. The number of anilines is 1. The molecule has 3 heteroatoms. The van der Waals surface area contributed by atoms with E-state index in [0.717, 1.165) is 17.8 Å². The van der Waals surface area contributed by atoms with Crippen LogP contribution >= 0.6 is 0 Å². The molecule has 1 atom stereocenters. The van der Waals surface area contributed by atoms with Crippen LogP contribution in [-0.4, -0.2) is 32.4 Å². The molecule has 0 amide bonds. The van der Waals surface area contributed by atoms with E-state index in [1.807, 2.05) is 31.3 Å². The standard InChI is InChI=1S/C12H19NO2/c1-10(14)11-6-4-5-7-12(11)13(2)8-9-15-3/h4-7,10,14H,8-9H2,1-3H3/t10-/m1/s1. The molecule has 1 N–H and O–H groups in total. The van der Waals surface area contributed by atoms with Crippen LogP contribution in [0.5, 0.6) is 0 Å². The van der Waals surface area contributed by atoms with E-state index in [9.17, 15) is 5.11 Å². The van der Waals surface area contributed by atoms with Crippen LogP contribution in [0.25, 0.3) is 0 Å². The highest BCUT2D eigenvalue weighted by molar-refractivity contribution is 5.53. The van der Waals surface area contributed by atoms with Gasteiger partial charge < -0.3 is 14.7 Å². The molecule has 0 bridgehead atoms. The van der Waals surface area contributed by atoms with Crippen molar-refractivity contribution in [1.29, 1.82) is 0 Å². The molecule has 1 aromatic carbocycles. The fraction of sp³-hybridized carbons (Fsp3) is 0.500. The third-order valence-electron chi connectivity index (χ3n) is 2.43. The molecule has 1 rings (SSSR count). The fourth-order valence-corrected chi connectivity index (χ4v) is 1.54. The van der Waals surface area contributed by atoms with Crippen LogP contribution in [0.4, 0.5) is 5.69 Å². The van der Waals surface area contributed by atoms with Gasteiger partial charge >= 0.3 is 0 Å². The second-order valence-electron chi connectivity index (χ2n) is 3.65. The maximum Gasteiger partial charge on any atom is 0.0781 e. The van der Waals surface area contributed by atoms with Crippen molar-refractivity contribution >= 4 is 5.69 Å². The first kappa shape index (κ1) is 12.0. The smallest absolute Gasteiger partial charge is 0.0781 e. The number of benzene rings is 1. The number of hydrogen-bond donors (Lipinski definition) is 1. The Kier molecular flexibility index (Phi) is 4.59. The average molecular weight is 209 g/mol. The van der Waals surface area contributed by atoms with E-state index in [1.54, 1.807) is 14.0 Å². The third kappa shape index (κ3) is 3.22. The first-order valence-corrected chi connectivity index (χ1v) is 5.14. The Hall–Kier alpha value is -1.06. The number of aliphatic hydroxyl groups is 1. The van der Waals surface area contributed by atoms with Gasteiger partial charge in [0.15, 0.2) is 0 Å². The van der Waals surface area contributed by atoms with Crippen molar-refractivity contribution in [3.63, 3.8) is 0 Å². The number of hydrogen-bond acceptors (Lipinski definition) is 3. The molecular weight excluding hydrogens is 190 g/mol. The molecule has 0 aromatic heterocycles. The number of likely N-dealkylation sites (N-methyl/N-ethyl adjacent to an activating group) is 1. The molecular formula is C12H19NO2. The number of nitrogens with zero attached hydrogens (tertiary/aromatic N) is 1. The quantitative estimate of drug-likeness (QED) is 0.803. The predicted octanol–water partition coefficient (Wildman–Crippen LogP) is 1.82. The summed E-state index contributed by atoms with van der Waals surface area (Å²) in [6.07, 6.45) is -0.439. The predicted molar refractivity (Wildman–Crippen MR) is 62.2 cm³/mol. The lowest BCUT2D eigenvalue weighted by Gasteiger charge is -2.23. The second-order valence-corrected chi connectivity index (χ2v) is 3.65. The minimum absolute atomic E-state index is 0.439. The number of aliphatic hydroxyl groups excluding tert-OH is 1. The van der Waals surface area contributed by atoms with Gasteiger partial charge in [-0.05, 0) is 13.0 Å². The molecule has 0 aliphatic carbocycles. The van der Waals surface area contributed by atoms with Crippen LogP contribution in [0.3, 0.4) is 0 Å². The van der Waals surface area contributed by atoms with E-state index in [1.165, 1.54) is 0 Å². The average Bonchev–Trinajstić information content (AvgIpc) is 2.25. The number of para-hydroxylation sites is 1. The summed E-state index contributed by atoms with van der Waals surface area (Å²) < 4.78 is 5.03. The van der Waals surface area contributed by atoms with Crippen molar-refractivity contribution < 1.29 is 9.84 Å². The molecule has 0 fully saturated rings. The highest BCUT2D eigenvalue weighted by Crippen LogP contribution is 2.24. The van der Waals surface area contributed by atoms with Gasteiger partial charge in [0.1, 0.15) is 0 Å². The number of ether oxygens (including phenoxy) is 1. The van der Waals surface area contributed by atoms with E-state index in [-0.39, 0.29) is 0 Å². The summed E-state index contributed by atoms with van der Waals surface area (Å²) in [4.78, 5) is 2.09. The van der Waals surface area contributed by atoms with Crippen LogP contribution in [0, 0.1) is 0 Å². The zero-order chi connectivity index (χ0) is 11.3. The molecule has 3 nitrogen and oxygen atoms in total. The van der Waals surface area contributed by atoms with E-state index >= 15 is 0 Å². The monoisotopic (exact) mass is 209 g/mol. The first-order valence-electron chi connectivity index (χ1n) is 5.14. The molecule has 84 valence electrons. The Morgan fingerprint density at radius 1 is 1.40 bits per heavy atom. The van der Waals surface area contributed by atoms with Crippen molar-refractivity contribution in [2.24, 2.45) is 0 Å². The summed E-state index contributed by atoms with van der Waals surface area (Å²) in [7, 11) is 3.69. The van der Waals surface area contributed by atoms with Gasteiger partial charge in [-0.15, -0.1) is 0 Å². The molecule has 0 radical (unpaired) electrons. The van der Waals surface area contributed by atoms with Crippen molar-refractivity contribution in [2.45, 2.75) is 13.0 Å². The number of methoxy groups -OCH3 is 1. The van der Waals surface area contributed by atoms with Crippen LogP contribution in [0.2, 0.25) is 0 Å². The van der Waals surface area contributed by atoms with Gasteiger partial charge in [-0.2, -0.15) is 0 Å². The highest BCUT2D eigenvalue weighted by Gasteiger charge is 2.10. The molecule has 0 unspecified atom stereocenters. The largest absolute Gasteiger partial charge is 0.389 e. The Morgan fingerprint density at radius 2 is 2.07 bits per heavy atom. The van der Waals surface area contributed by atoms with Gasteiger partial charge in [0.2, 0.25) is 0 Å². The maximum absolute atomic E-state index is 9.62. The third-order valence-corrected chi connectivity index (χ3v) is 2.43. The Bertz CT molecular complexity index is 299. The van der Waals surface area contributed by atoms with Crippen LogP contribution in [0.1, 0.15) is 18.6 Å². The molecule has 15 heavy (non-hydrogen) atoms. The van der Waals surface area contributed by atoms with Gasteiger partial charge in [-0.1, -0.05) is 18.2 Å². The van der Waals surface area contributed by atoms with Crippen molar-refractivity contribution in [3.05, 3.63) is 29.8 Å². The Balaban J connectivity index is 2.82. The summed E-state index contributed by atoms with van der Waals surface area (Å²) >= 11 is 0. The van der Waals surface area contributed by atoms with E-state index in [4.69, 9.17) is 4.74 Å². The zero-order valence-electron chi connectivity index (χ0n) is 9.60. The molecule has 0 saturated heterocycles. The van der Waals surface area contributed by atoms with Crippen LogP contribution in [0.15, 0.2) is 24.3 Å². The zero-order valence-corrected chi connectivity index (χ0v) is 9.60. The molecule has 0 aliphatic heterocycles.